The fourth-order valence-corrected chi connectivity index (χ4v) is 2.23. The molecule has 0 bridgehead atoms. The Morgan fingerprint density at radius 3 is 2.58 bits per heavy atom. The third-order valence-corrected chi connectivity index (χ3v) is 3.40. The van der Waals surface area contributed by atoms with Gasteiger partial charge in [0.1, 0.15) is 11.1 Å². The summed E-state index contributed by atoms with van der Waals surface area (Å²) in [6.45, 7) is 0.710. The molecule has 1 aromatic carbocycles. The number of hydrogen-bond acceptors (Lipinski definition) is 7. The molecule has 0 aliphatic heterocycles. The molecule has 0 aromatic heterocycles. The van der Waals surface area contributed by atoms with Crippen LogP contribution in [0.3, 0.4) is 0 Å². The number of nitro groups is 1. The van der Waals surface area contributed by atoms with Gasteiger partial charge in [0.25, 0.3) is 6.47 Å². The summed E-state index contributed by atoms with van der Waals surface area (Å²) in [4.78, 5) is 32.0. The van der Waals surface area contributed by atoms with Crippen molar-refractivity contribution in [3.63, 3.8) is 0 Å². The Morgan fingerprint density at radius 2 is 2.04 bits per heavy atom. The van der Waals surface area contributed by atoms with Crippen LogP contribution in [0, 0.1) is 22.0 Å². The highest BCUT2D eigenvalue weighted by Gasteiger charge is 2.30. The molecule has 1 N–H and O–H groups in total. The fourth-order valence-electron chi connectivity index (χ4n) is 2.23. The number of methoxy groups -OCH3 is 2. The Labute approximate surface area is 150 Å². The fraction of sp³-hybridized carbons (Fsp3) is 0.412. The number of benzene rings is 1. The van der Waals surface area contributed by atoms with Crippen molar-refractivity contribution in [1.82, 2.24) is 0 Å². The molecule has 0 unspecified atom stereocenters. The van der Waals surface area contributed by atoms with Gasteiger partial charge in [-0.25, -0.2) is 4.79 Å². The lowest BCUT2D eigenvalue weighted by Crippen LogP contribution is -2.07. The van der Waals surface area contributed by atoms with Gasteiger partial charge in [0.05, 0.1) is 25.7 Å². The lowest BCUT2D eigenvalue weighted by Gasteiger charge is -2.11. The molecule has 0 saturated heterocycles. The first-order valence-corrected chi connectivity index (χ1v) is 7.68. The van der Waals surface area contributed by atoms with Crippen LogP contribution in [0.25, 0.3) is 0 Å². The topological polar surface area (TPSA) is 125 Å². The van der Waals surface area contributed by atoms with Gasteiger partial charge in [0.15, 0.2) is 11.5 Å². The molecule has 0 aliphatic carbocycles. The summed E-state index contributed by atoms with van der Waals surface area (Å²) in [5.41, 5.74) is -1.30. The molecule has 140 valence electrons. The number of nitro benzene ring substituents is 1. The smallest absolute Gasteiger partial charge is 0.342 e. The summed E-state index contributed by atoms with van der Waals surface area (Å²) in [7, 11) is 2.59. The van der Waals surface area contributed by atoms with Crippen molar-refractivity contribution in [3.8, 4) is 23.3 Å². The summed E-state index contributed by atoms with van der Waals surface area (Å²) in [6.07, 6.45) is 2.58. The first kappa shape index (κ1) is 20.8. The predicted octanol–water partition coefficient (Wildman–Crippen LogP) is 2.40. The highest BCUT2D eigenvalue weighted by Crippen LogP contribution is 2.39. The summed E-state index contributed by atoms with van der Waals surface area (Å²) >= 11 is 0. The van der Waals surface area contributed by atoms with Crippen LogP contribution in [0.1, 0.15) is 41.6 Å². The lowest BCUT2D eigenvalue weighted by atomic mass is 10.0. The second-order valence-corrected chi connectivity index (χ2v) is 5.02. The van der Waals surface area contributed by atoms with Gasteiger partial charge in [-0.05, 0) is 19.3 Å². The molecule has 0 atom stereocenters. The van der Waals surface area contributed by atoms with E-state index in [9.17, 15) is 24.8 Å². The van der Waals surface area contributed by atoms with E-state index in [1.165, 1.54) is 14.2 Å². The van der Waals surface area contributed by atoms with E-state index < -0.39 is 22.1 Å². The van der Waals surface area contributed by atoms with Crippen LogP contribution in [-0.2, 0) is 9.53 Å². The number of hydrogen-bond donors (Lipinski definition) is 1. The zero-order valence-corrected chi connectivity index (χ0v) is 14.4. The van der Waals surface area contributed by atoms with Gasteiger partial charge in [0.2, 0.25) is 0 Å². The van der Waals surface area contributed by atoms with E-state index in [1.54, 1.807) is 0 Å². The largest absolute Gasteiger partial charge is 0.493 e. The van der Waals surface area contributed by atoms with E-state index in [0.717, 1.165) is 12.5 Å². The summed E-state index contributed by atoms with van der Waals surface area (Å²) in [5.74, 6) is 4.02. The number of nitrogens with zero attached hydrogens (tertiary/aromatic N) is 1. The summed E-state index contributed by atoms with van der Waals surface area (Å²) < 4.78 is 14.8. The van der Waals surface area contributed by atoms with Crippen LogP contribution in [0.5, 0.6) is 11.5 Å². The molecule has 1 rings (SSSR count). The van der Waals surface area contributed by atoms with Crippen molar-refractivity contribution in [3.05, 3.63) is 27.3 Å². The van der Waals surface area contributed by atoms with Gasteiger partial charge in [-0.1, -0.05) is 11.8 Å². The number of rotatable bonds is 10. The van der Waals surface area contributed by atoms with E-state index in [0.29, 0.717) is 32.3 Å². The Kier molecular flexibility index (Phi) is 8.43. The number of carboxylic acids is 1. The number of carbonyl (C=O) groups is 2. The molecule has 0 fully saturated rings. The maximum Gasteiger partial charge on any atom is 0.342 e. The molecule has 0 radical (unpaired) electrons. The Bertz CT molecular complexity index is 733. The van der Waals surface area contributed by atoms with Gasteiger partial charge in [0, 0.05) is 12.5 Å². The first-order valence-electron chi connectivity index (χ1n) is 7.68. The normalized spacial score (nSPS) is 9.62. The molecule has 0 amide bonds. The van der Waals surface area contributed by atoms with Crippen LogP contribution >= 0.6 is 0 Å². The van der Waals surface area contributed by atoms with Gasteiger partial charge < -0.3 is 19.3 Å². The Morgan fingerprint density at radius 1 is 1.31 bits per heavy atom. The molecule has 9 nitrogen and oxygen atoms in total. The average molecular weight is 365 g/mol. The van der Waals surface area contributed by atoms with E-state index in [1.807, 2.05) is 0 Å². The highest BCUT2D eigenvalue weighted by atomic mass is 16.6. The molecule has 26 heavy (non-hydrogen) atoms. The number of carboxylic acid groups (broad SMARTS) is 1. The third-order valence-electron chi connectivity index (χ3n) is 3.40. The number of unbranched alkanes of at least 4 members (excludes halogenated alkanes) is 3. The number of aromatic carboxylic acids is 1. The first-order chi connectivity index (χ1) is 12.5. The van der Waals surface area contributed by atoms with Crippen molar-refractivity contribution in [2.24, 2.45) is 0 Å². The van der Waals surface area contributed by atoms with Gasteiger partial charge in [-0.2, -0.15) is 0 Å². The highest BCUT2D eigenvalue weighted by molar-refractivity contribution is 5.95. The van der Waals surface area contributed by atoms with Crippen LogP contribution in [0.4, 0.5) is 5.69 Å². The second kappa shape index (κ2) is 10.6. The van der Waals surface area contributed by atoms with Gasteiger partial charge in [-0.3, -0.25) is 14.9 Å². The van der Waals surface area contributed by atoms with Crippen molar-refractivity contribution in [1.29, 1.82) is 0 Å². The molecule has 0 heterocycles. The standard InChI is InChI=1S/C17H19NO8/c1-24-14-10-13(17(20)21)15(18(22)23)12(16(14)25-2)8-6-4-3-5-7-9-26-11-19/h10-11H,3-5,7,9H2,1-2H3,(H,20,21). The lowest BCUT2D eigenvalue weighted by molar-refractivity contribution is -0.385. The number of ether oxygens (including phenoxy) is 3. The van der Waals surface area contributed by atoms with Crippen molar-refractivity contribution < 1.29 is 33.8 Å². The van der Waals surface area contributed by atoms with Crippen LogP contribution in [0.15, 0.2) is 6.07 Å². The summed E-state index contributed by atoms with van der Waals surface area (Å²) in [5, 5.41) is 20.6. The predicted molar refractivity (Wildman–Crippen MR) is 90.5 cm³/mol. The monoisotopic (exact) mass is 365 g/mol. The molecule has 1 aromatic rings. The Balaban J connectivity index is 3.13. The molecular weight excluding hydrogens is 346 g/mol. The average Bonchev–Trinajstić information content (AvgIpc) is 2.62. The van der Waals surface area contributed by atoms with Gasteiger partial charge >= 0.3 is 11.7 Å². The minimum atomic E-state index is -1.46. The quantitative estimate of drug-likeness (QED) is 0.220. The molecule has 0 aliphatic rings. The van der Waals surface area contributed by atoms with Crippen molar-refractivity contribution >= 4 is 18.1 Å². The van der Waals surface area contributed by atoms with Gasteiger partial charge in [-0.15, -0.1) is 0 Å². The summed E-state index contributed by atoms with van der Waals surface area (Å²) in [6, 6.07) is 1.04. The van der Waals surface area contributed by atoms with Crippen LogP contribution < -0.4 is 9.47 Å². The SMILES string of the molecule is COc1cc(C(=O)O)c([N+](=O)[O-])c(C#CCCCCCOC=O)c1OC. The second-order valence-electron chi connectivity index (χ2n) is 5.02. The maximum atomic E-state index is 11.4. The molecule has 0 spiro atoms. The molecule has 0 saturated carbocycles. The number of carbonyl (C=O) groups excluding carboxylic acids is 1. The zero-order chi connectivity index (χ0) is 19.5. The van der Waals surface area contributed by atoms with E-state index >= 15 is 0 Å². The van der Waals surface area contributed by atoms with E-state index in [-0.39, 0.29) is 17.1 Å². The molecule has 9 heteroatoms. The Hall–Kier alpha value is -3.28. The van der Waals surface area contributed by atoms with Crippen molar-refractivity contribution in [2.75, 3.05) is 20.8 Å². The molecular formula is C17H19NO8. The van der Waals surface area contributed by atoms with Crippen LogP contribution in [-0.4, -0.2) is 43.3 Å². The van der Waals surface area contributed by atoms with E-state index in [4.69, 9.17) is 9.47 Å². The third kappa shape index (κ3) is 5.37. The zero-order valence-electron chi connectivity index (χ0n) is 14.4. The maximum absolute atomic E-state index is 11.4. The van der Waals surface area contributed by atoms with E-state index in [2.05, 4.69) is 16.6 Å². The van der Waals surface area contributed by atoms with Crippen molar-refractivity contribution in [2.45, 2.75) is 25.7 Å². The minimum Gasteiger partial charge on any atom is -0.493 e. The minimum absolute atomic E-state index is 0.0103. The van der Waals surface area contributed by atoms with Crippen LogP contribution in [0.2, 0.25) is 0 Å².